The van der Waals surface area contributed by atoms with E-state index in [1.807, 2.05) is 32.1 Å². The summed E-state index contributed by atoms with van der Waals surface area (Å²) in [6.07, 6.45) is 8.00. The van der Waals surface area contributed by atoms with Crippen LogP contribution in [0.3, 0.4) is 0 Å². The number of benzene rings is 1. The van der Waals surface area contributed by atoms with Crippen molar-refractivity contribution in [3.05, 3.63) is 48.2 Å². The predicted molar refractivity (Wildman–Crippen MR) is 128 cm³/mol. The lowest BCUT2D eigenvalue weighted by Gasteiger charge is -2.35. The van der Waals surface area contributed by atoms with E-state index in [9.17, 15) is 13.2 Å². The van der Waals surface area contributed by atoms with Crippen molar-refractivity contribution in [2.75, 3.05) is 25.0 Å². The summed E-state index contributed by atoms with van der Waals surface area (Å²) in [6.45, 7) is 4.66. The van der Waals surface area contributed by atoms with Gasteiger partial charge in [-0.3, -0.25) is 9.79 Å². The average Bonchev–Trinajstić information content (AvgIpc) is 2.94. The number of ketones is 1. The summed E-state index contributed by atoms with van der Waals surface area (Å²) >= 11 is 0. The summed E-state index contributed by atoms with van der Waals surface area (Å²) in [5.41, 5.74) is 1.59. The molecule has 0 bridgehead atoms. The number of anilines is 1. The molecule has 2 aliphatic heterocycles. The van der Waals surface area contributed by atoms with Gasteiger partial charge in [0, 0.05) is 31.3 Å². The lowest BCUT2D eigenvalue weighted by Crippen LogP contribution is -2.41. The molecule has 0 amide bonds. The monoisotopic (exact) mass is 469 g/mol. The Bertz CT molecular complexity index is 1180. The maximum atomic E-state index is 12.4. The number of rotatable bonds is 7. The van der Waals surface area contributed by atoms with Crippen molar-refractivity contribution in [1.82, 2.24) is 4.72 Å². The van der Waals surface area contributed by atoms with Crippen LogP contribution in [0.4, 0.5) is 5.69 Å². The van der Waals surface area contributed by atoms with Crippen LogP contribution in [0, 0.1) is 5.41 Å². The van der Waals surface area contributed by atoms with Gasteiger partial charge in [-0.2, -0.15) is 0 Å². The predicted octanol–water partition coefficient (Wildman–Crippen LogP) is 2.49. The zero-order valence-corrected chi connectivity index (χ0v) is 19.4. The molecule has 4 rings (SSSR count). The van der Waals surface area contributed by atoms with Crippen LogP contribution in [-0.4, -0.2) is 57.9 Å². The van der Waals surface area contributed by atoms with Gasteiger partial charge in [-0.1, -0.05) is 6.08 Å². The van der Waals surface area contributed by atoms with E-state index >= 15 is 0 Å². The zero-order chi connectivity index (χ0) is 23.5. The van der Waals surface area contributed by atoms with Crippen LogP contribution < -0.4 is 10.0 Å². The highest BCUT2D eigenvalue weighted by atomic mass is 32.2. The highest BCUT2D eigenvalue weighted by molar-refractivity contribution is 7.89. The van der Waals surface area contributed by atoms with Crippen molar-refractivity contribution in [3.8, 4) is 0 Å². The van der Waals surface area contributed by atoms with Gasteiger partial charge < -0.3 is 10.1 Å². The van der Waals surface area contributed by atoms with E-state index < -0.39 is 15.4 Å². The summed E-state index contributed by atoms with van der Waals surface area (Å²) in [7, 11) is -3.62. The van der Waals surface area contributed by atoms with E-state index in [1.54, 1.807) is 18.3 Å². The molecule has 1 aromatic rings. The number of carbonyl (C=O) groups excluding carboxylic acids is 1. The van der Waals surface area contributed by atoms with E-state index in [4.69, 9.17) is 4.74 Å². The second-order valence-corrected chi connectivity index (χ2v) is 10.1. The van der Waals surface area contributed by atoms with Gasteiger partial charge in [0.1, 0.15) is 5.78 Å². The standard InChI is InChI=1S/C23H27N5O4S/c1-16(2)32-13-12-26-33(30,31)19-8-6-17(7-9-19)27-22-25-15-23-14-18(29)10-11-24-20(23)4-3-5-21(23)28-22/h3-9,11,16,26H,10,12-15H2,1-2H3,(H,25,27). The number of nitrogens with zero attached hydrogens (tertiary/aromatic N) is 3. The lowest BCUT2D eigenvalue weighted by molar-refractivity contribution is -0.118. The van der Waals surface area contributed by atoms with Crippen molar-refractivity contribution >= 4 is 39.4 Å². The normalized spacial score (nSPS) is 22.2. The molecule has 2 heterocycles. The van der Waals surface area contributed by atoms with Crippen LogP contribution in [0.15, 0.2) is 68.1 Å². The smallest absolute Gasteiger partial charge is 0.240 e. The maximum absolute atomic E-state index is 12.4. The minimum absolute atomic E-state index is 0.0449. The molecule has 2 N–H and O–H groups in total. The van der Waals surface area contributed by atoms with Crippen molar-refractivity contribution in [2.24, 2.45) is 20.4 Å². The van der Waals surface area contributed by atoms with Gasteiger partial charge in [-0.05, 0) is 50.3 Å². The van der Waals surface area contributed by atoms with Crippen molar-refractivity contribution < 1.29 is 17.9 Å². The molecule has 0 saturated carbocycles. The molecule has 174 valence electrons. The molecule has 10 heteroatoms. The van der Waals surface area contributed by atoms with Gasteiger partial charge in [0.2, 0.25) is 16.0 Å². The number of hydrogen-bond donors (Lipinski definition) is 2. The Hall–Kier alpha value is -2.95. The molecule has 0 aromatic heterocycles. The Kier molecular flexibility index (Phi) is 6.68. The first-order chi connectivity index (χ1) is 15.8. The fourth-order valence-electron chi connectivity index (χ4n) is 3.87. The van der Waals surface area contributed by atoms with Crippen LogP contribution in [-0.2, 0) is 19.6 Å². The fourth-order valence-corrected chi connectivity index (χ4v) is 4.89. The van der Waals surface area contributed by atoms with Gasteiger partial charge in [0.25, 0.3) is 0 Å². The Labute approximate surface area is 193 Å². The van der Waals surface area contributed by atoms with Gasteiger partial charge in [0.15, 0.2) is 0 Å². The van der Waals surface area contributed by atoms with E-state index in [-0.39, 0.29) is 23.3 Å². The number of guanidine groups is 1. The molecule has 1 spiro atoms. The largest absolute Gasteiger partial charge is 0.377 e. The van der Waals surface area contributed by atoms with Gasteiger partial charge in [-0.25, -0.2) is 23.1 Å². The van der Waals surface area contributed by atoms with Crippen LogP contribution in [0.25, 0.3) is 0 Å². The summed E-state index contributed by atoms with van der Waals surface area (Å²) < 4.78 is 32.8. The highest BCUT2D eigenvalue weighted by Gasteiger charge is 2.44. The highest BCUT2D eigenvalue weighted by Crippen LogP contribution is 2.41. The third-order valence-electron chi connectivity index (χ3n) is 5.53. The van der Waals surface area contributed by atoms with Crippen molar-refractivity contribution in [2.45, 2.75) is 37.7 Å². The molecule has 1 aromatic carbocycles. The van der Waals surface area contributed by atoms with Crippen LogP contribution in [0.5, 0.6) is 0 Å². The number of sulfonamides is 1. The van der Waals surface area contributed by atoms with E-state index in [0.717, 1.165) is 11.4 Å². The number of hydrogen-bond acceptors (Lipinski definition) is 8. The van der Waals surface area contributed by atoms with Gasteiger partial charge in [0.05, 0.1) is 41.0 Å². The molecule has 0 radical (unpaired) electrons. The van der Waals surface area contributed by atoms with Crippen LogP contribution >= 0.6 is 0 Å². The molecule has 0 saturated heterocycles. The average molecular weight is 470 g/mol. The third-order valence-corrected chi connectivity index (χ3v) is 7.01. The summed E-state index contributed by atoms with van der Waals surface area (Å²) in [4.78, 5) is 26.1. The molecular formula is C23H27N5O4S. The molecule has 9 nitrogen and oxygen atoms in total. The molecule has 3 aliphatic rings. The molecule has 1 aliphatic carbocycles. The first-order valence-corrected chi connectivity index (χ1v) is 12.3. The minimum atomic E-state index is -3.62. The third kappa shape index (κ3) is 5.18. The van der Waals surface area contributed by atoms with Crippen LogP contribution in [0.2, 0.25) is 0 Å². The van der Waals surface area contributed by atoms with Crippen molar-refractivity contribution in [3.63, 3.8) is 0 Å². The molecule has 0 fully saturated rings. The van der Waals surface area contributed by atoms with E-state index in [1.165, 1.54) is 12.1 Å². The van der Waals surface area contributed by atoms with Crippen LogP contribution in [0.1, 0.15) is 26.7 Å². The maximum Gasteiger partial charge on any atom is 0.240 e. The first kappa shape index (κ1) is 23.2. The second-order valence-electron chi connectivity index (χ2n) is 8.33. The molecule has 1 unspecified atom stereocenters. The Morgan fingerprint density at radius 1 is 1.21 bits per heavy atom. The quantitative estimate of drug-likeness (QED) is 0.594. The minimum Gasteiger partial charge on any atom is -0.377 e. The summed E-state index contributed by atoms with van der Waals surface area (Å²) in [6, 6.07) is 6.36. The number of ether oxygens (including phenoxy) is 1. The van der Waals surface area contributed by atoms with Gasteiger partial charge >= 0.3 is 0 Å². The summed E-state index contributed by atoms with van der Waals surface area (Å²) in [5, 5.41) is 3.13. The zero-order valence-electron chi connectivity index (χ0n) is 18.6. The van der Waals surface area contributed by atoms with E-state index in [0.29, 0.717) is 37.6 Å². The Morgan fingerprint density at radius 2 is 2.00 bits per heavy atom. The first-order valence-electron chi connectivity index (χ1n) is 10.8. The second kappa shape index (κ2) is 9.50. The molecule has 33 heavy (non-hydrogen) atoms. The Morgan fingerprint density at radius 3 is 2.76 bits per heavy atom. The van der Waals surface area contributed by atoms with Crippen molar-refractivity contribution in [1.29, 1.82) is 0 Å². The summed E-state index contributed by atoms with van der Waals surface area (Å²) in [5.74, 6) is 0.514. The number of carbonyl (C=O) groups is 1. The number of aliphatic imine (C=N–C) groups is 3. The van der Waals surface area contributed by atoms with Gasteiger partial charge in [-0.15, -0.1) is 0 Å². The lowest BCUT2D eigenvalue weighted by atomic mass is 9.72. The number of nitrogens with one attached hydrogen (secondary N) is 2. The number of allylic oxidation sites excluding steroid dienone is 3. The SMILES string of the molecule is CC(C)OCCNS(=O)(=O)c1ccc(NC2=NCC34CC(=O)CC=NC3=CC=CC4=N2)cc1. The number of Topliss-reactive ketones (excluding diaryl/α,β-unsaturated/α-hetero) is 1. The van der Waals surface area contributed by atoms with E-state index in [2.05, 4.69) is 25.0 Å². The molecule has 1 atom stereocenters. The Balaban J connectivity index is 1.43. The topological polar surface area (TPSA) is 122 Å². The fraction of sp³-hybridized carbons (Fsp3) is 0.391. The molecular weight excluding hydrogens is 442 g/mol.